The first kappa shape index (κ1) is 8.39. The molecule has 0 bridgehead atoms. The largest absolute Gasteiger partial charge is 0.259 e. The first-order valence-corrected chi connectivity index (χ1v) is 4.33. The van der Waals surface area contributed by atoms with Crippen molar-refractivity contribution in [3.8, 4) is 0 Å². The second kappa shape index (κ2) is 3.61. The van der Waals surface area contributed by atoms with Crippen LogP contribution in [0.1, 0.15) is 5.56 Å². The lowest BCUT2D eigenvalue weighted by atomic mass is 10.2. The van der Waals surface area contributed by atoms with Crippen molar-refractivity contribution in [3.05, 3.63) is 29.8 Å². The van der Waals surface area contributed by atoms with E-state index in [1.807, 2.05) is 19.1 Å². The molecule has 0 fully saturated rings. The van der Waals surface area contributed by atoms with E-state index in [9.17, 15) is 4.21 Å². The van der Waals surface area contributed by atoms with Gasteiger partial charge in [0.05, 0.1) is 4.90 Å². The van der Waals surface area contributed by atoms with Crippen molar-refractivity contribution < 1.29 is 4.21 Å². The Balaban J connectivity index is 2.90. The molecule has 0 aliphatic heterocycles. The summed E-state index contributed by atoms with van der Waals surface area (Å²) in [6, 6.07) is 7.35. The monoisotopic (exact) mass is 170 g/mol. The average Bonchev–Trinajstić information content (AvgIpc) is 2.05. The highest BCUT2D eigenvalue weighted by atomic mass is 32.2. The summed E-state index contributed by atoms with van der Waals surface area (Å²) in [6.45, 7) is 1.97. The topological polar surface area (TPSA) is 55.1 Å². The summed E-state index contributed by atoms with van der Waals surface area (Å²) in [7, 11) is -1.27. The third kappa shape index (κ3) is 2.11. The van der Waals surface area contributed by atoms with Crippen LogP contribution >= 0.6 is 0 Å². The zero-order valence-corrected chi connectivity index (χ0v) is 7.02. The lowest BCUT2D eigenvalue weighted by molar-refractivity contribution is 0.674. The molecule has 1 unspecified atom stereocenters. The van der Waals surface area contributed by atoms with Crippen LogP contribution in [-0.2, 0) is 11.0 Å². The smallest absolute Gasteiger partial charge is 0.138 e. The van der Waals surface area contributed by atoms with Gasteiger partial charge >= 0.3 is 0 Å². The van der Waals surface area contributed by atoms with Crippen LogP contribution in [0.5, 0.6) is 0 Å². The van der Waals surface area contributed by atoms with Gasteiger partial charge in [-0.25, -0.2) is 4.21 Å². The molecule has 0 aliphatic carbocycles. The van der Waals surface area contributed by atoms with Gasteiger partial charge in [0.2, 0.25) is 0 Å². The van der Waals surface area contributed by atoms with Crippen LogP contribution in [-0.4, -0.2) is 4.21 Å². The molecule has 0 amide bonds. The highest BCUT2D eigenvalue weighted by Gasteiger charge is 1.98. The molecule has 60 valence electrons. The van der Waals surface area contributed by atoms with E-state index < -0.39 is 11.0 Å². The maximum Gasteiger partial charge on any atom is 0.138 e. The number of nitrogens with two attached hydrogens (primary N) is 1. The summed E-state index contributed by atoms with van der Waals surface area (Å²) in [6.07, 6.45) is 0. The predicted molar refractivity (Wildman–Crippen MR) is 44.9 cm³/mol. The molecular weight excluding hydrogens is 160 g/mol. The molecule has 1 aromatic carbocycles. The van der Waals surface area contributed by atoms with Gasteiger partial charge in [-0.2, -0.15) is 4.83 Å². The second-order valence-corrected chi connectivity index (χ2v) is 3.44. The van der Waals surface area contributed by atoms with Crippen LogP contribution in [0.25, 0.3) is 0 Å². The Bertz CT molecular complexity index is 258. The number of aryl methyl sites for hydroxylation is 1. The molecule has 0 radical (unpaired) electrons. The third-order valence-corrected chi connectivity index (χ3v) is 2.26. The number of nitrogens with one attached hydrogen (secondary N) is 1. The van der Waals surface area contributed by atoms with Crippen molar-refractivity contribution in [2.45, 2.75) is 11.8 Å². The Morgan fingerprint density at radius 2 is 1.91 bits per heavy atom. The van der Waals surface area contributed by atoms with E-state index in [1.165, 1.54) is 0 Å². The van der Waals surface area contributed by atoms with Crippen molar-refractivity contribution in [2.24, 2.45) is 5.84 Å². The van der Waals surface area contributed by atoms with Crippen molar-refractivity contribution >= 4 is 11.0 Å². The van der Waals surface area contributed by atoms with Crippen molar-refractivity contribution in [1.82, 2.24) is 4.83 Å². The van der Waals surface area contributed by atoms with Crippen molar-refractivity contribution in [1.29, 1.82) is 0 Å². The zero-order chi connectivity index (χ0) is 8.27. The van der Waals surface area contributed by atoms with Gasteiger partial charge in [-0.3, -0.25) is 5.84 Å². The number of benzene rings is 1. The number of hydrogen-bond acceptors (Lipinski definition) is 2. The molecule has 1 rings (SSSR count). The lowest BCUT2D eigenvalue weighted by Crippen LogP contribution is -2.24. The lowest BCUT2D eigenvalue weighted by Gasteiger charge is -1.98. The first-order valence-electron chi connectivity index (χ1n) is 3.18. The van der Waals surface area contributed by atoms with E-state index in [0.29, 0.717) is 4.90 Å². The van der Waals surface area contributed by atoms with Crippen LogP contribution in [0.3, 0.4) is 0 Å². The highest BCUT2D eigenvalue weighted by Crippen LogP contribution is 2.05. The molecule has 0 heterocycles. The van der Waals surface area contributed by atoms with Gasteiger partial charge in [-0.1, -0.05) is 17.7 Å². The number of hydrazine groups is 1. The molecule has 0 spiro atoms. The van der Waals surface area contributed by atoms with Crippen molar-refractivity contribution in [3.63, 3.8) is 0 Å². The quantitative estimate of drug-likeness (QED) is 0.501. The molecule has 11 heavy (non-hydrogen) atoms. The Morgan fingerprint density at radius 3 is 2.36 bits per heavy atom. The second-order valence-electron chi connectivity index (χ2n) is 2.20. The van der Waals surface area contributed by atoms with Gasteiger partial charge in [-0.15, -0.1) is 0 Å². The molecule has 0 saturated carbocycles. The Kier molecular flexibility index (Phi) is 2.76. The van der Waals surface area contributed by atoms with E-state index in [2.05, 4.69) is 4.83 Å². The minimum atomic E-state index is -1.27. The molecule has 1 aromatic rings. The van der Waals surface area contributed by atoms with Gasteiger partial charge in [-0.05, 0) is 19.1 Å². The fourth-order valence-electron chi connectivity index (χ4n) is 0.730. The van der Waals surface area contributed by atoms with Crippen LogP contribution < -0.4 is 10.7 Å². The van der Waals surface area contributed by atoms with Gasteiger partial charge in [0, 0.05) is 0 Å². The maximum atomic E-state index is 11.0. The highest BCUT2D eigenvalue weighted by molar-refractivity contribution is 7.83. The van der Waals surface area contributed by atoms with Crippen molar-refractivity contribution in [2.75, 3.05) is 0 Å². The van der Waals surface area contributed by atoms with Crippen LogP contribution in [0.2, 0.25) is 0 Å². The van der Waals surface area contributed by atoms with Gasteiger partial charge in [0.1, 0.15) is 11.0 Å². The van der Waals surface area contributed by atoms with Crippen LogP contribution in [0, 0.1) is 6.92 Å². The molecule has 0 aromatic heterocycles. The van der Waals surface area contributed by atoms with E-state index in [-0.39, 0.29) is 0 Å². The number of rotatable bonds is 2. The summed E-state index contributed by atoms with van der Waals surface area (Å²) in [5, 5.41) is 0. The van der Waals surface area contributed by atoms with E-state index >= 15 is 0 Å². The molecule has 0 aliphatic rings. The molecule has 1 atom stereocenters. The predicted octanol–water partition coefficient (Wildman–Crippen LogP) is 0.481. The fourth-order valence-corrected chi connectivity index (χ4v) is 1.25. The molecule has 3 nitrogen and oxygen atoms in total. The summed E-state index contributed by atoms with van der Waals surface area (Å²) >= 11 is 0. The minimum Gasteiger partial charge on any atom is -0.259 e. The Labute approximate surface area is 68.2 Å². The standard InChI is InChI=1S/C7H10N2OS/c1-6-2-4-7(5-3-6)11(10)9-8/h2-5,9H,8H2,1H3. The molecule has 3 N–H and O–H groups in total. The van der Waals surface area contributed by atoms with Gasteiger partial charge in [0.25, 0.3) is 0 Å². The number of hydrogen-bond donors (Lipinski definition) is 2. The molecule has 0 saturated heterocycles. The fraction of sp³-hybridized carbons (Fsp3) is 0.143. The van der Waals surface area contributed by atoms with Crippen LogP contribution in [0.4, 0.5) is 0 Å². The van der Waals surface area contributed by atoms with Crippen LogP contribution in [0.15, 0.2) is 29.2 Å². The first-order chi connectivity index (χ1) is 5.24. The summed E-state index contributed by atoms with van der Waals surface area (Å²) in [5.41, 5.74) is 1.14. The summed E-state index contributed by atoms with van der Waals surface area (Å²) in [5.74, 6) is 4.99. The zero-order valence-electron chi connectivity index (χ0n) is 6.20. The summed E-state index contributed by atoms with van der Waals surface area (Å²) < 4.78 is 11.0. The third-order valence-electron chi connectivity index (χ3n) is 1.34. The van der Waals surface area contributed by atoms with E-state index in [1.54, 1.807) is 12.1 Å². The van der Waals surface area contributed by atoms with E-state index in [4.69, 9.17) is 5.84 Å². The Hall–Kier alpha value is -0.710. The van der Waals surface area contributed by atoms with Gasteiger partial charge < -0.3 is 0 Å². The summed E-state index contributed by atoms with van der Waals surface area (Å²) in [4.78, 5) is 2.87. The maximum absolute atomic E-state index is 11.0. The Morgan fingerprint density at radius 1 is 1.36 bits per heavy atom. The minimum absolute atomic E-state index is 0.693. The van der Waals surface area contributed by atoms with Gasteiger partial charge in [0.15, 0.2) is 0 Å². The molecule has 4 heteroatoms. The van der Waals surface area contributed by atoms with E-state index in [0.717, 1.165) is 5.56 Å². The average molecular weight is 170 g/mol. The molecular formula is C7H10N2OS. The SMILES string of the molecule is Cc1ccc(S(=O)NN)cc1. The normalized spacial score (nSPS) is 12.9.